The summed E-state index contributed by atoms with van der Waals surface area (Å²) < 4.78 is 0. The van der Waals surface area contributed by atoms with Gasteiger partial charge in [0.1, 0.15) is 0 Å². The molecule has 0 aromatic heterocycles. The van der Waals surface area contributed by atoms with E-state index in [0.717, 1.165) is 49.0 Å². The van der Waals surface area contributed by atoms with Gasteiger partial charge in [-0.3, -0.25) is 9.59 Å². The topological polar surface area (TPSA) is 119 Å². The lowest BCUT2D eigenvalue weighted by Gasteiger charge is -2.23. The number of nitroso groups, excluding NO2 is 1. The van der Waals surface area contributed by atoms with Crippen molar-refractivity contribution in [1.29, 1.82) is 5.53 Å². The number of carbonyl (C=O) groups is 2. The summed E-state index contributed by atoms with van der Waals surface area (Å²) in [4.78, 5) is 44.7. The molecule has 0 radical (unpaired) electrons. The molecule has 0 saturated carbocycles. The monoisotopic (exact) mass is 500 g/mol. The molecular weight excluding hydrogens is 468 g/mol. The molecule has 37 heavy (non-hydrogen) atoms. The van der Waals surface area contributed by atoms with Crippen LogP contribution < -0.4 is 0 Å². The predicted molar refractivity (Wildman–Crippen MR) is 144 cm³/mol. The molecule has 2 heterocycles. The Morgan fingerprint density at radius 3 is 2.46 bits per heavy atom. The molecule has 4 rings (SSSR count). The van der Waals surface area contributed by atoms with Crippen molar-refractivity contribution in [3.05, 3.63) is 64.1 Å². The van der Waals surface area contributed by atoms with E-state index in [9.17, 15) is 14.5 Å². The molecule has 9 heteroatoms. The summed E-state index contributed by atoms with van der Waals surface area (Å²) in [6, 6.07) is 13.4. The first kappa shape index (κ1) is 26.1. The SMILES string of the molecule is CCCN(CCCN=O)C(=O)C1=Cc2ccc(-c3ccc(C(=O)N4CCCC4)cc3)cc2N=C(N=N)C1. The molecule has 9 nitrogen and oxygen atoms in total. The van der Waals surface area contributed by atoms with Crippen LogP contribution in [0, 0.1) is 10.4 Å². The van der Waals surface area contributed by atoms with Crippen molar-refractivity contribution >= 4 is 29.4 Å². The van der Waals surface area contributed by atoms with Gasteiger partial charge in [0.05, 0.1) is 12.2 Å². The molecule has 0 bridgehead atoms. The molecule has 2 aromatic rings. The average Bonchev–Trinajstić information content (AvgIpc) is 3.40. The Hall–Kier alpha value is -4.01. The Bertz CT molecular complexity index is 1230. The summed E-state index contributed by atoms with van der Waals surface area (Å²) in [6.45, 7) is 4.82. The van der Waals surface area contributed by atoms with E-state index < -0.39 is 0 Å². The van der Waals surface area contributed by atoms with E-state index in [-0.39, 0.29) is 30.6 Å². The zero-order valence-electron chi connectivity index (χ0n) is 21.2. The summed E-state index contributed by atoms with van der Waals surface area (Å²) in [5.74, 6) is 0.187. The van der Waals surface area contributed by atoms with Gasteiger partial charge in [-0.1, -0.05) is 36.4 Å². The molecule has 2 amide bonds. The normalized spacial score (nSPS) is 14.8. The number of aliphatic imine (C=N–C) groups is 1. The van der Waals surface area contributed by atoms with Crippen LogP contribution in [0.1, 0.15) is 54.9 Å². The molecule has 1 N–H and O–H groups in total. The fourth-order valence-corrected chi connectivity index (χ4v) is 4.75. The van der Waals surface area contributed by atoms with Crippen LogP contribution in [0.25, 0.3) is 17.2 Å². The van der Waals surface area contributed by atoms with E-state index in [4.69, 9.17) is 5.53 Å². The maximum absolute atomic E-state index is 13.3. The van der Waals surface area contributed by atoms with E-state index in [0.29, 0.717) is 36.3 Å². The number of nitrogens with zero attached hydrogens (tertiary/aromatic N) is 5. The van der Waals surface area contributed by atoms with E-state index in [1.165, 1.54) is 0 Å². The molecule has 2 aliphatic heterocycles. The molecule has 0 spiro atoms. The van der Waals surface area contributed by atoms with Crippen molar-refractivity contribution in [3.8, 4) is 11.1 Å². The minimum absolute atomic E-state index is 0.0687. The minimum Gasteiger partial charge on any atom is -0.339 e. The fraction of sp³-hybridized carbons (Fsp3) is 0.393. The molecule has 1 saturated heterocycles. The average molecular weight is 501 g/mol. The maximum atomic E-state index is 13.3. The molecule has 192 valence electrons. The highest BCUT2D eigenvalue weighted by Gasteiger charge is 2.23. The van der Waals surface area contributed by atoms with Crippen LogP contribution in [0.4, 0.5) is 5.69 Å². The van der Waals surface area contributed by atoms with Gasteiger partial charge < -0.3 is 9.80 Å². The molecule has 2 aliphatic rings. The maximum Gasteiger partial charge on any atom is 0.253 e. The summed E-state index contributed by atoms with van der Waals surface area (Å²) in [6.07, 6.45) is 5.39. The highest BCUT2D eigenvalue weighted by atomic mass is 16.3. The number of rotatable bonds is 9. The van der Waals surface area contributed by atoms with Gasteiger partial charge in [-0.25, -0.2) is 10.5 Å². The molecule has 2 aromatic carbocycles. The number of amidine groups is 1. The summed E-state index contributed by atoms with van der Waals surface area (Å²) >= 11 is 0. The predicted octanol–water partition coefficient (Wildman–Crippen LogP) is 5.83. The van der Waals surface area contributed by atoms with Gasteiger partial charge in [-0.15, -0.1) is 5.11 Å². The number of hydrogen-bond acceptors (Lipinski definition) is 7. The number of benzene rings is 2. The Labute approximate surface area is 216 Å². The van der Waals surface area contributed by atoms with Crippen LogP contribution in [0.15, 0.2) is 63.3 Å². The van der Waals surface area contributed by atoms with E-state index in [1.54, 1.807) is 4.90 Å². The fourth-order valence-electron chi connectivity index (χ4n) is 4.75. The number of carbonyl (C=O) groups excluding carboxylic acids is 2. The third-order valence-corrected chi connectivity index (χ3v) is 6.68. The number of likely N-dealkylation sites (tertiary alicyclic amines) is 1. The molecule has 1 fully saturated rings. The van der Waals surface area contributed by atoms with Crippen LogP contribution in [-0.2, 0) is 4.79 Å². The zero-order valence-corrected chi connectivity index (χ0v) is 21.2. The second-order valence-electron chi connectivity index (χ2n) is 9.33. The third-order valence-electron chi connectivity index (χ3n) is 6.68. The molecular formula is C28H32N6O3. The number of nitrogens with one attached hydrogen (secondary N) is 1. The molecule has 0 atom stereocenters. The lowest BCUT2D eigenvalue weighted by atomic mass is 9.99. The lowest BCUT2D eigenvalue weighted by molar-refractivity contribution is -0.127. The number of amides is 2. The zero-order chi connectivity index (χ0) is 26.2. The van der Waals surface area contributed by atoms with E-state index >= 15 is 0 Å². The highest BCUT2D eigenvalue weighted by molar-refractivity contribution is 6.06. The first-order valence-electron chi connectivity index (χ1n) is 12.8. The van der Waals surface area contributed by atoms with Gasteiger partial charge >= 0.3 is 0 Å². The van der Waals surface area contributed by atoms with E-state index in [1.807, 2.05) is 60.4 Å². The summed E-state index contributed by atoms with van der Waals surface area (Å²) in [5.41, 5.74) is 12.1. The standard InChI is InChI=1S/C28H32N6O3/c1-2-13-33(16-5-12-30-37)28(36)24-17-23-11-10-22(18-25(23)31-26(19-24)32-29)20-6-8-21(9-7-20)27(35)34-14-3-4-15-34/h6-11,17-18,29H,2-5,12-16,19H2,1H3. The summed E-state index contributed by atoms with van der Waals surface area (Å²) in [7, 11) is 0. The van der Waals surface area contributed by atoms with Crippen LogP contribution in [0.2, 0.25) is 0 Å². The van der Waals surface area contributed by atoms with Crippen LogP contribution in [0.3, 0.4) is 0 Å². The van der Waals surface area contributed by atoms with Gasteiger partial charge in [0.2, 0.25) is 5.91 Å². The Morgan fingerprint density at radius 2 is 1.78 bits per heavy atom. The first-order valence-corrected chi connectivity index (χ1v) is 12.8. The Morgan fingerprint density at radius 1 is 1.05 bits per heavy atom. The smallest absolute Gasteiger partial charge is 0.253 e. The van der Waals surface area contributed by atoms with Crippen molar-refractivity contribution in [1.82, 2.24) is 9.80 Å². The van der Waals surface area contributed by atoms with Gasteiger partial charge in [-0.2, -0.15) is 4.91 Å². The van der Waals surface area contributed by atoms with Crippen molar-refractivity contribution in [2.75, 3.05) is 32.7 Å². The Kier molecular flexibility index (Phi) is 8.66. The van der Waals surface area contributed by atoms with Crippen molar-refractivity contribution in [3.63, 3.8) is 0 Å². The molecule has 0 aliphatic carbocycles. The minimum atomic E-state index is -0.140. The highest BCUT2D eigenvalue weighted by Crippen LogP contribution is 2.33. The van der Waals surface area contributed by atoms with Gasteiger partial charge in [0.25, 0.3) is 5.91 Å². The van der Waals surface area contributed by atoms with Crippen LogP contribution >= 0.6 is 0 Å². The van der Waals surface area contributed by atoms with Crippen molar-refractivity contribution in [2.45, 2.75) is 39.0 Å². The van der Waals surface area contributed by atoms with E-state index in [2.05, 4.69) is 15.3 Å². The van der Waals surface area contributed by atoms with Crippen LogP contribution in [0.5, 0.6) is 0 Å². The number of fused-ring (bicyclic) bond motifs is 1. The van der Waals surface area contributed by atoms with Gasteiger partial charge in [0, 0.05) is 49.3 Å². The van der Waals surface area contributed by atoms with Crippen molar-refractivity contribution in [2.24, 2.45) is 15.3 Å². The summed E-state index contributed by atoms with van der Waals surface area (Å²) in [5, 5.41) is 6.47. The van der Waals surface area contributed by atoms with Crippen molar-refractivity contribution < 1.29 is 9.59 Å². The second-order valence-corrected chi connectivity index (χ2v) is 9.33. The quantitative estimate of drug-likeness (QED) is 0.265. The Balaban J connectivity index is 1.59. The second kappa shape index (κ2) is 12.3. The lowest BCUT2D eigenvalue weighted by Crippen LogP contribution is -2.34. The largest absolute Gasteiger partial charge is 0.339 e. The van der Waals surface area contributed by atoms with Gasteiger partial charge in [0.15, 0.2) is 5.84 Å². The van der Waals surface area contributed by atoms with Gasteiger partial charge in [-0.05, 0) is 61.1 Å². The first-order chi connectivity index (χ1) is 18.0. The molecule has 0 unspecified atom stereocenters. The number of hydrogen-bond donors (Lipinski definition) is 1. The third kappa shape index (κ3) is 6.22. The van der Waals surface area contributed by atoms with Crippen LogP contribution in [-0.4, -0.2) is 60.2 Å².